The Hall–Kier alpha value is -0.930. The van der Waals surface area contributed by atoms with Gasteiger partial charge >= 0.3 is 0 Å². The van der Waals surface area contributed by atoms with Gasteiger partial charge in [0.05, 0.1) is 5.69 Å². The van der Waals surface area contributed by atoms with Crippen LogP contribution in [0.3, 0.4) is 0 Å². The van der Waals surface area contributed by atoms with Gasteiger partial charge in [0.25, 0.3) is 0 Å². The molecule has 112 valence electrons. The Morgan fingerprint density at radius 3 is 2.75 bits per heavy atom. The van der Waals surface area contributed by atoms with Crippen molar-refractivity contribution in [3.05, 3.63) is 30.1 Å². The van der Waals surface area contributed by atoms with Crippen molar-refractivity contribution in [1.29, 1.82) is 0 Å². The van der Waals surface area contributed by atoms with Gasteiger partial charge in [0.1, 0.15) is 0 Å². The van der Waals surface area contributed by atoms with Crippen LogP contribution in [0.1, 0.15) is 51.6 Å². The van der Waals surface area contributed by atoms with Crippen LogP contribution >= 0.6 is 0 Å². The molecular formula is C17H29N3. The molecule has 1 aromatic heterocycles. The molecule has 3 nitrogen and oxygen atoms in total. The summed E-state index contributed by atoms with van der Waals surface area (Å²) in [5.74, 6) is 0. The zero-order valence-corrected chi connectivity index (χ0v) is 13.0. The highest BCUT2D eigenvalue weighted by Crippen LogP contribution is 2.23. The van der Waals surface area contributed by atoms with Crippen molar-refractivity contribution >= 4 is 0 Å². The van der Waals surface area contributed by atoms with E-state index in [1.807, 2.05) is 12.3 Å². The average Bonchev–Trinajstić information content (AvgIpc) is 2.72. The summed E-state index contributed by atoms with van der Waals surface area (Å²) in [6.45, 7) is 7.64. The molecule has 2 unspecified atom stereocenters. The van der Waals surface area contributed by atoms with Crippen LogP contribution in [0.2, 0.25) is 0 Å². The highest BCUT2D eigenvalue weighted by Gasteiger charge is 2.27. The Balaban J connectivity index is 2.06. The Labute approximate surface area is 123 Å². The van der Waals surface area contributed by atoms with Crippen molar-refractivity contribution in [2.75, 3.05) is 13.1 Å². The molecule has 0 spiro atoms. The maximum Gasteiger partial charge on any atom is 0.0544 e. The van der Waals surface area contributed by atoms with Crippen LogP contribution in [-0.4, -0.2) is 35.1 Å². The van der Waals surface area contributed by atoms with Crippen LogP contribution in [0.25, 0.3) is 0 Å². The maximum atomic E-state index is 4.49. The van der Waals surface area contributed by atoms with Gasteiger partial charge in [-0.05, 0) is 38.1 Å². The van der Waals surface area contributed by atoms with E-state index in [1.54, 1.807) is 0 Å². The summed E-state index contributed by atoms with van der Waals surface area (Å²) in [5.41, 5.74) is 1.19. The van der Waals surface area contributed by atoms with E-state index in [2.05, 4.69) is 41.2 Å². The van der Waals surface area contributed by atoms with Gasteiger partial charge in [-0.15, -0.1) is 0 Å². The summed E-state index contributed by atoms with van der Waals surface area (Å²) in [6, 6.07) is 7.52. The smallest absolute Gasteiger partial charge is 0.0544 e. The van der Waals surface area contributed by atoms with Gasteiger partial charge in [-0.1, -0.05) is 39.2 Å². The lowest BCUT2D eigenvalue weighted by Crippen LogP contribution is -2.49. The fourth-order valence-electron chi connectivity index (χ4n) is 3.39. The maximum absolute atomic E-state index is 4.49. The zero-order chi connectivity index (χ0) is 14.2. The first-order valence-corrected chi connectivity index (χ1v) is 8.22. The second kappa shape index (κ2) is 8.38. The van der Waals surface area contributed by atoms with E-state index >= 15 is 0 Å². The molecule has 3 heteroatoms. The quantitative estimate of drug-likeness (QED) is 0.808. The molecule has 2 rings (SSSR count). The van der Waals surface area contributed by atoms with Gasteiger partial charge in [-0.3, -0.25) is 9.88 Å². The standard InChI is InChI=1S/C17H29N3/c1-3-18-16-11-6-5-7-12-17(16)20(4-2)14-15-10-8-9-13-19-15/h8-10,13,16-18H,3-7,11-12,14H2,1-2H3. The minimum atomic E-state index is 0.645. The predicted octanol–water partition coefficient (Wildman–Crippen LogP) is 3.21. The summed E-state index contributed by atoms with van der Waals surface area (Å²) in [7, 11) is 0. The normalized spacial score (nSPS) is 23.8. The molecule has 1 saturated carbocycles. The number of hydrogen-bond donors (Lipinski definition) is 1. The van der Waals surface area contributed by atoms with Crippen molar-refractivity contribution in [3.8, 4) is 0 Å². The first-order chi connectivity index (χ1) is 9.85. The van der Waals surface area contributed by atoms with Crippen molar-refractivity contribution in [2.24, 2.45) is 0 Å². The Kier molecular flexibility index (Phi) is 6.48. The van der Waals surface area contributed by atoms with Gasteiger partial charge in [0.2, 0.25) is 0 Å². The van der Waals surface area contributed by atoms with E-state index < -0.39 is 0 Å². The molecule has 0 radical (unpaired) electrons. The van der Waals surface area contributed by atoms with E-state index in [9.17, 15) is 0 Å². The average molecular weight is 275 g/mol. The molecule has 20 heavy (non-hydrogen) atoms. The van der Waals surface area contributed by atoms with E-state index in [4.69, 9.17) is 0 Å². The van der Waals surface area contributed by atoms with E-state index in [1.165, 1.54) is 37.8 Å². The largest absolute Gasteiger partial charge is 0.313 e. The van der Waals surface area contributed by atoms with E-state index in [-0.39, 0.29) is 0 Å². The number of nitrogens with zero attached hydrogens (tertiary/aromatic N) is 2. The van der Waals surface area contributed by atoms with Crippen molar-refractivity contribution in [1.82, 2.24) is 15.2 Å². The number of hydrogen-bond acceptors (Lipinski definition) is 3. The molecular weight excluding hydrogens is 246 g/mol. The summed E-state index contributed by atoms with van der Waals surface area (Å²) < 4.78 is 0. The fraction of sp³-hybridized carbons (Fsp3) is 0.706. The molecule has 1 aromatic rings. The second-order valence-electron chi connectivity index (χ2n) is 5.75. The molecule has 1 heterocycles. The monoisotopic (exact) mass is 275 g/mol. The van der Waals surface area contributed by atoms with Crippen molar-refractivity contribution in [3.63, 3.8) is 0 Å². The first kappa shape index (κ1) is 15.5. The molecule has 0 aromatic carbocycles. The summed E-state index contributed by atoms with van der Waals surface area (Å²) in [4.78, 5) is 7.11. The molecule has 1 fully saturated rings. The van der Waals surface area contributed by atoms with Gasteiger partial charge in [0, 0.05) is 24.8 Å². The minimum Gasteiger partial charge on any atom is -0.313 e. The lowest BCUT2D eigenvalue weighted by molar-refractivity contribution is 0.146. The molecule has 1 N–H and O–H groups in total. The number of pyridine rings is 1. The number of likely N-dealkylation sites (N-methyl/N-ethyl adjacent to an activating group) is 2. The number of rotatable bonds is 6. The van der Waals surface area contributed by atoms with Crippen molar-refractivity contribution < 1.29 is 0 Å². The molecule has 0 bridgehead atoms. The van der Waals surface area contributed by atoms with Crippen LogP contribution in [0, 0.1) is 0 Å². The van der Waals surface area contributed by atoms with Crippen molar-refractivity contribution in [2.45, 2.75) is 64.6 Å². The summed E-state index contributed by atoms with van der Waals surface area (Å²) in [5, 5.41) is 3.71. The van der Waals surface area contributed by atoms with Crippen LogP contribution < -0.4 is 5.32 Å². The van der Waals surface area contributed by atoms with Gasteiger partial charge in [-0.25, -0.2) is 0 Å². The number of aromatic nitrogens is 1. The van der Waals surface area contributed by atoms with Crippen LogP contribution in [0.4, 0.5) is 0 Å². The Bertz CT molecular complexity index is 366. The molecule has 0 saturated heterocycles. The highest BCUT2D eigenvalue weighted by molar-refractivity contribution is 5.04. The SMILES string of the molecule is CCNC1CCCCCC1N(CC)Cc1ccccn1. The second-order valence-corrected chi connectivity index (χ2v) is 5.75. The topological polar surface area (TPSA) is 28.2 Å². The van der Waals surface area contributed by atoms with Crippen LogP contribution in [-0.2, 0) is 6.54 Å². The van der Waals surface area contributed by atoms with E-state index in [0.717, 1.165) is 19.6 Å². The first-order valence-electron chi connectivity index (χ1n) is 8.22. The van der Waals surface area contributed by atoms with E-state index in [0.29, 0.717) is 12.1 Å². The number of nitrogens with one attached hydrogen (secondary N) is 1. The molecule has 0 amide bonds. The third-order valence-electron chi connectivity index (χ3n) is 4.41. The summed E-state index contributed by atoms with van der Waals surface area (Å²) in [6.07, 6.45) is 8.66. The molecule has 1 aliphatic carbocycles. The van der Waals surface area contributed by atoms with Crippen LogP contribution in [0.5, 0.6) is 0 Å². The zero-order valence-electron chi connectivity index (χ0n) is 13.0. The minimum absolute atomic E-state index is 0.645. The Morgan fingerprint density at radius 2 is 2.05 bits per heavy atom. The fourth-order valence-corrected chi connectivity index (χ4v) is 3.39. The summed E-state index contributed by atoms with van der Waals surface area (Å²) >= 11 is 0. The molecule has 2 atom stereocenters. The third kappa shape index (κ3) is 4.29. The van der Waals surface area contributed by atoms with Gasteiger partial charge < -0.3 is 5.32 Å². The highest BCUT2D eigenvalue weighted by atomic mass is 15.2. The Morgan fingerprint density at radius 1 is 1.20 bits per heavy atom. The third-order valence-corrected chi connectivity index (χ3v) is 4.41. The lowest BCUT2D eigenvalue weighted by atomic mass is 10.0. The molecule has 0 aliphatic heterocycles. The van der Waals surface area contributed by atoms with Gasteiger partial charge in [-0.2, -0.15) is 0 Å². The van der Waals surface area contributed by atoms with Crippen LogP contribution in [0.15, 0.2) is 24.4 Å². The predicted molar refractivity (Wildman–Crippen MR) is 84.7 cm³/mol. The van der Waals surface area contributed by atoms with Gasteiger partial charge in [0.15, 0.2) is 0 Å². The molecule has 1 aliphatic rings. The lowest BCUT2D eigenvalue weighted by Gasteiger charge is -2.36.